The van der Waals surface area contributed by atoms with Crippen LogP contribution in [-0.4, -0.2) is 50.2 Å². The van der Waals surface area contributed by atoms with Crippen molar-refractivity contribution in [2.24, 2.45) is 5.73 Å². The van der Waals surface area contributed by atoms with Crippen molar-refractivity contribution >= 4 is 5.91 Å². The fourth-order valence-electron chi connectivity index (χ4n) is 3.10. The van der Waals surface area contributed by atoms with Crippen molar-refractivity contribution in [1.29, 1.82) is 0 Å². The Morgan fingerprint density at radius 2 is 1.83 bits per heavy atom. The van der Waals surface area contributed by atoms with E-state index in [1.807, 2.05) is 6.07 Å². The lowest BCUT2D eigenvalue weighted by atomic mass is 10.0. The number of ether oxygens (including phenoxy) is 1. The van der Waals surface area contributed by atoms with Crippen LogP contribution < -0.4 is 11.1 Å². The third-order valence-corrected chi connectivity index (χ3v) is 4.52. The van der Waals surface area contributed by atoms with Gasteiger partial charge in [0.1, 0.15) is 0 Å². The maximum atomic E-state index is 12.1. The summed E-state index contributed by atoms with van der Waals surface area (Å²) in [5.41, 5.74) is 6.74. The molecule has 0 saturated carbocycles. The number of carbonyl (C=O) groups excluding carboxylic acids is 1. The molecular formula is C19H31N3O2. The summed E-state index contributed by atoms with van der Waals surface area (Å²) in [7, 11) is 0. The first-order valence-corrected chi connectivity index (χ1v) is 9.15. The molecule has 0 spiro atoms. The zero-order chi connectivity index (χ0) is 17.0. The third-order valence-electron chi connectivity index (χ3n) is 4.52. The molecule has 1 saturated heterocycles. The Bertz CT molecular complexity index is 461. The molecular weight excluding hydrogens is 302 g/mol. The highest BCUT2D eigenvalue weighted by Crippen LogP contribution is 2.21. The first-order valence-electron chi connectivity index (χ1n) is 9.15. The molecule has 1 unspecified atom stereocenters. The SMILES string of the molecule is NCCCCCCC(=O)NCC(c1ccccc1)N1CCOCC1. The van der Waals surface area contributed by atoms with E-state index in [0.29, 0.717) is 13.0 Å². The minimum absolute atomic E-state index is 0.150. The standard InChI is InChI=1S/C19H31N3O2/c20-11-7-2-1-6-10-19(23)21-16-18(17-8-4-3-5-9-17)22-12-14-24-15-13-22/h3-5,8-9,18H,1-2,6-7,10-16,20H2,(H,21,23). The maximum Gasteiger partial charge on any atom is 0.220 e. The summed E-state index contributed by atoms with van der Waals surface area (Å²) in [6, 6.07) is 10.6. The largest absolute Gasteiger partial charge is 0.379 e. The molecule has 3 N–H and O–H groups in total. The molecule has 0 aromatic heterocycles. The highest BCUT2D eigenvalue weighted by atomic mass is 16.5. The maximum absolute atomic E-state index is 12.1. The lowest BCUT2D eigenvalue weighted by Crippen LogP contribution is -2.43. The Morgan fingerprint density at radius 3 is 2.54 bits per heavy atom. The number of rotatable bonds is 10. The average Bonchev–Trinajstić information content (AvgIpc) is 2.63. The fraction of sp³-hybridized carbons (Fsp3) is 0.632. The zero-order valence-electron chi connectivity index (χ0n) is 14.6. The Balaban J connectivity index is 1.81. The molecule has 24 heavy (non-hydrogen) atoms. The van der Waals surface area contributed by atoms with Crippen molar-refractivity contribution in [3.05, 3.63) is 35.9 Å². The number of hydrogen-bond donors (Lipinski definition) is 2. The van der Waals surface area contributed by atoms with Gasteiger partial charge in [0.15, 0.2) is 0 Å². The van der Waals surface area contributed by atoms with Gasteiger partial charge in [-0.25, -0.2) is 0 Å². The van der Waals surface area contributed by atoms with Crippen molar-refractivity contribution in [3.63, 3.8) is 0 Å². The van der Waals surface area contributed by atoms with Gasteiger partial charge in [-0.15, -0.1) is 0 Å². The average molecular weight is 333 g/mol. The molecule has 1 aromatic rings. The number of nitrogens with two attached hydrogens (primary N) is 1. The normalized spacial score (nSPS) is 16.7. The van der Waals surface area contributed by atoms with E-state index >= 15 is 0 Å². The predicted octanol–water partition coefficient (Wildman–Crippen LogP) is 2.09. The smallest absolute Gasteiger partial charge is 0.220 e. The van der Waals surface area contributed by atoms with Gasteiger partial charge in [-0.2, -0.15) is 0 Å². The van der Waals surface area contributed by atoms with E-state index in [0.717, 1.165) is 58.5 Å². The van der Waals surface area contributed by atoms with Gasteiger partial charge >= 0.3 is 0 Å². The Labute approximate surface area is 145 Å². The second-order valence-corrected chi connectivity index (χ2v) is 6.33. The van der Waals surface area contributed by atoms with Crippen LogP contribution in [0.1, 0.15) is 43.7 Å². The van der Waals surface area contributed by atoms with Gasteiger partial charge in [0.25, 0.3) is 0 Å². The Hall–Kier alpha value is -1.43. The minimum atomic E-state index is 0.150. The molecule has 1 fully saturated rings. The van der Waals surface area contributed by atoms with Crippen molar-refractivity contribution in [1.82, 2.24) is 10.2 Å². The Kier molecular flexibility index (Phi) is 8.81. The first kappa shape index (κ1) is 18.9. The number of morpholine rings is 1. The molecule has 0 bridgehead atoms. The lowest BCUT2D eigenvalue weighted by molar-refractivity contribution is -0.121. The molecule has 1 amide bonds. The molecule has 5 heteroatoms. The van der Waals surface area contributed by atoms with Crippen molar-refractivity contribution < 1.29 is 9.53 Å². The number of nitrogens with zero attached hydrogens (tertiary/aromatic N) is 1. The number of hydrogen-bond acceptors (Lipinski definition) is 4. The highest BCUT2D eigenvalue weighted by Gasteiger charge is 2.22. The highest BCUT2D eigenvalue weighted by molar-refractivity contribution is 5.75. The van der Waals surface area contributed by atoms with Crippen LogP contribution in [0.25, 0.3) is 0 Å². The number of benzene rings is 1. The monoisotopic (exact) mass is 333 g/mol. The molecule has 1 aromatic carbocycles. The summed E-state index contributed by atoms with van der Waals surface area (Å²) in [5.74, 6) is 0.150. The lowest BCUT2D eigenvalue weighted by Gasteiger charge is -2.35. The van der Waals surface area contributed by atoms with Gasteiger partial charge < -0.3 is 15.8 Å². The predicted molar refractivity (Wildman–Crippen MR) is 96.7 cm³/mol. The van der Waals surface area contributed by atoms with Crippen LogP contribution in [0.3, 0.4) is 0 Å². The summed E-state index contributed by atoms with van der Waals surface area (Å²) in [4.78, 5) is 14.5. The second-order valence-electron chi connectivity index (χ2n) is 6.33. The minimum Gasteiger partial charge on any atom is -0.379 e. The number of amides is 1. The third kappa shape index (κ3) is 6.59. The van der Waals surface area contributed by atoms with E-state index in [1.165, 1.54) is 5.56 Å². The van der Waals surface area contributed by atoms with Gasteiger partial charge in [0, 0.05) is 26.1 Å². The zero-order valence-corrected chi connectivity index (χ0v) is 14.6. The molecule has 0 aliphatic carbocycles. The van der Waals surface area contributed by atoms with Crippen LogP contribution in [0.5, 0.6) is 0 Å². The Morgan fingerprint density at radius 1 is 1.12 bits per heavy atom. The number of carbonyl (C=O) groups is 1. The molecule has 5 nitrogen and oxygen atoms in total. The summed E-state index contributed by atoms with van der Waals surface area (Å²) in [5, 5.41) is 3.12. The first-order chi connectivity index (χ1) is 11.8. The quantitative estimate of drug-likeness (QED) is 0.643. The molecule has 1 atom stereocenters. The van der Waals surface area contributed by atoms with Crippen molar-refractivity contribution in [2.45, 2.75) is 38.1 Å². The van der Waals surface area contributed by atoms with Gasteiger partial charge in [0.05, 0.1) is 19.3 Å². The van der Waals surface area contributed by atoms with Gasteiger partial charge in [-0.1, -0.05) is 43.2 Å². The van der Waals surface area contributed by atoms with Crippen LogP contribution in [0.2, 0.25) is 0 Å². The second kappa shape index (κ2) is 11.2. The van der Waals surface area contributed by atoms with Gasteiger partial charge in [-0.05, 0) is 24.9 Å². The summed E-state index contributed by atoms with van der Waals surface area (Å²) >= 11 is 0. The molecule has 1 heterocycles. The molecule has 1 aliphatic heterocycles. The van der Waals surface area contributed by atoms with E-state index in [2.05, 4.69) is 34.5 Å². The van der Waals surface area contributed by atoms with Crippen LogP contribution >= 0.6 is 0 Å². The van der Waals surface area contributed by atoms with E-state index in [-0.39, 0.29) is 11.9 Å². The topological polar surface area (TPSA) is 67.6 Å². The van der Waals surface area contributed by atoms with E-state index in [9.17, 15) is 4.79 Å². The number of nitrogens with one attached hydrogen (secondary N) is 1. The summed E-state index contributed by atoms with van der Waals surface area (Å²) < 4.78 is 5.46. The summed E-state index contributed by atoms with van der Waals surface area (Å²) in [6.07, 6.45) is 4.80. The molecule has 2 rings (SSSR count). The fourth-order valence-corrected chi connectivity index (χ4v) is 3.10. The van der Waals surface area contributed by atoms with Crippen LogP contribution in [0, 0.1) is 0 Å². The van der Waals surface area contributed by atoms with Gasteiger partial charge in [-0.3, -0.25) is 9.69 Å². The summed E-state index contributed by atoms with van der Waals surface area (Å²) in [6.45, 7) is 4.75. The van der Waals surface area contributed by atoms with Crippen LogP contribution in [0.15, 0.2) is 30.3 Å². The number of unbranched alkanes of at least 4 members (excludes halogenated alkanes) is 3. The van der Waals surface area contributed by atoms with Gasteiger partial charge in [0.2, 0.25) is 5.91 Å². The molecule has 1 aliphatic rings. The van der Waals surface area contributed by atoms with Crippen LogP contribution in [-0.2, 0) is 9.53 Å². The van der Waals surface area contributed by atoms with E-state index in [4.69, 9.17) is 10.5 Å². The molecule has 0 radical (unpaired) electrons. The van der Waals surface area contributed by atoms with Crippen molar-refractivity contribution in [2.75, 3.05) is 39.4 Å². The molecule has 134 valence electrons. The van der Waals surface area contributed by atoms with Crippen LogP contribution in [0.4, 0.5) is 0 Å². The van der Waals surface area contributed by atoms with E-state index < -0.39 is 0 Å². The van der Waals surface area contributed by atoms with Crippen molar-refractivity contribution in [3.8, 4) is 0 Å². The van der Waals surface area contributed by atoms with E-state index in [1.54, 1.807) is 0 Å².